The number of unbranched alkanes of at least 4 members (excludes halogenated alkanes) is 11. The Morgan fingerprint density at radius 2 is 1.21 bits per heavy atom. The molecule has 28 heavy (non-hydrogen) atoms. The second-order valence-electron chi connectivity index (χ2n) is 6.64. The van der Waals surface area contributed by atoms with Crippen molar-refractivity contribution in [2.45, 2.75) is 104 Å². The quantitative estimate of drug-likeness (QED) is 0.155. The molecule has 164 valence electrons. The Bertz CT molecular complexity index is 453. The molecule has 0 aromatic rings. The van der Waals surface area contributed by atoms with E-state index in [-0.39, 0.29) is 41.7 Å². The van der Waals surface area contributed by atoms with Crippen molar-refractivity contribution in [1.29, 1.82) is 0 Å². The molecule has 0 aliphatic heterocycles. The van der Waals surface area contributed by atoms with E-state index in [1.807, 2.05) is 0 Å². The first-order valence-electron chi connectivity index (χ1n) is 10.7. The van der Waals surface area contributed by atoms with Gasteiger partial charge in [0.15, 0.2) is 0 Å². The Morgan fingerprint density at radius 1 is 0.786 bits per heavy atom. The van der Waals surface area contributed by atoms with Crippen molar-refractivity contribution in [2.24, 2.45) is 5.73 Å². The molecule has 0 rings (SSSR count). The predicted octanol–water partition coefficient (Wildman–Crippen LogP) is 4.84. The van der Waals surface area contributed by atoms with Gasteiger partial charge in [-0.25, -0.2) is 0 Å². The Kier molecular flexibility index (Phi) is 29.4. The van der Waals surface area contributed by atoms with Crippen molar-refractivity contribution in [3.8, 4) is 0 Å². The molecule has 0 amide bonds. The van der Waals surface area contributed by atoms with E-state index >= 15 is 0 Å². The molecule has 0 aliphatic carbocycles. The van der Waals surface area contributed by atoms with E-state index in [1.165, 1.54) is 65.3 Å². The summed E-state index contributed by atoms with van der Waals surface area (Å²) in [5, 5.41) is 0. The Balaban J connectivity index is -0.00000201. The molecule has 0 unspecified atom stereocenters. The molecule has 0 bridgehead atoms. The van der Waals surface area contributed by atoms with Crippen LogP contribution in [0.25, 0.3) is 0 Å². The van der Waals surface area contributed by atoms with Crippen molar-refractivity contribution >= 4 is 45.6 Å². The number of hydrogen-bond donors (Lipinski definition) is 1. The molecule has 2 N–H and O–H groups in total. The first-order chi connectivity index (χ1) is 13.0. The van der Waals surface area contributed by atoms with Gasteiger partial charge in [0.1, 0.15) is 0 Å². The molecule has 0 spiro atoms. The van der Waals surface area contributed by atoms with Crippen LogP contribution < -0.4 is 5.73 Å². The van der Waals surface area contributed by atoms with Gasteiger partial charge in [0.25, 0.3) is 0 Å². The van der Waals surface area contributed by atoms with Gasteiger partial charge in [-0.15, -0.1) is 0 Å². The summed E-state index contributed by atoms with van der Waals surface area (Å²) in [7, 11) is -2.15. The fraction of sp³-hybridized carbons (Fsp3) is 0.857. The summed E-state index contributed by atoms with van der Waals surface area (Å²) in [6.45, 7) is 3.71. The SMILES string of the molecule is CCCCCCCC/C=C\CCCCCCCC(=O)OS(=O)(=O)CC.CN.[NaH]. The van der Waals surface area contributed by atoms with Crippen LogP contribution >= 0.6 is 0 Å². The summed E-state index contributed by atoms with van der Waals surface area (Å²) in [4.78, 5) is 11.3. The van der Waals surface area contributed by atoms with Crippen LogP contribution in [0.4, 0.5) is 0 Å². The van der Waals surface area contributed by atoms with Gasteiger partial charge in [0.2, 0.25) is 0 Å². The third-order valence-corrected chi connectivity index (χ3v) is 5.36. The second kappa shape index (κ2) is 25.2. The zero-order valence-electron chi connectivity index (χ0n) is 17.9. The predicted molar refractivity (Wildman–Crippen MR) is 122 cm³/mol. The molecular formula is C21H44NNaO4S. The summed E-state index contributed by atoms with van der Waals surface area (Å²) in [5.74, 6) is -0.787. The monoisotopic (exact) mass is 429 g/mol. The summed E-state index contributed by atoms with van der Waals surface area (Å²) in [5.41, 5.74) is 4.50. The maximum absolute atomic E-state index is 11.3. The van der Waals surface area contributed by atoms with E-state index in [4.69, 9.17) is 0 Å². The Hall–Kier alpha value is 0.120. The average Bonchev–Trinajstić information content (AvgIpc) is 2.66. The van der Waals surface area contributed by atoms with Crippen LogP contribution in [-0.2, 0) is 19.1 Å². The summed E-state index contributed by atoms with van der Waals surface area (Å²) >= 11 is 0. The van der Waals surface area contributed by atoms with Crippen molar-refractivity contribution < 1.29 is 17.4 Å². The van der Waals surface area contributed by atoms with Crippen molar-refractivity contribution in [1.82, 2.24) is 0 Å². The molecule has 0 aromatic heterocycles. The van der Waals surface area contributed by atoms with Gasteiger partial charge >= 0.3 is 45.6 Å². The molecule has 0 saturated heterocycles. The minimum absolute atomic E-state index is 0. The first kappa shape index (κ1) is 32.8. The minimum atomic E-state index is -3.65. The molecule has 0 radical (unpaired) electrons. The number of carbonyl (C=O) groups excluding carboxylic acids is 1. The topological polar surface area (TPSA) is 86.5 Å². The Labute approximate surface area is 196 Å². The van der Waals surface area contributed by atoms with Crippen LogP contribution in [0, 0.1) is 0 Å². The van der Waals surface area contributed by atoms with Gasteiger partial charge in [0.05, 0.1) is 5.75 Å². The van der Waals surface area contributed by atoms with Crippen molar-refractivity contribution in [3.63, 3.8) is 0 Å². The molecule has 5 nitrogen and oxygen atoms in total. The van der Waals surface area contributed by atoms with E-state index in [1.54, 1.807) is 0 Å². The zero-order valence-corrected chi connectivity index (χ0v) is 18.7. The van der Waals surface area contributed by atoms with E-state index < -0.39 is 16.1 Å². The number of rotatable bonds is 17. The van der Waals surface area contributed by atoms with Crippen molar-refractivity contribution in [3.05, 3.63) is 12.2 Å². The van der Waals surface area contributed by atoms with Gasteiger partial charge in [-0.05, 0) is 46.1 Å². The van der Waals surface area contributed by atoms with Crippen LogP contribution in [0.2, 0.25) is 0 Å². The van der Waals surface area contributed by atoms with Crippen LogP contribution in [0.3, 0.4) is 0 Å². The van der Waals surface area contributed by atoms with Gasteiger partial charge in [-0.2, -0.15) is 8.42 Å². The van der Waals surface area contributed by atoms with E-state index in [0.717, 1.165) is 25.7 Å². The first-order valence-corrected chi connectivity index (χ1v) is 12.3. The van der Waals surface area contributed by atoms with E-state index in [0.29, 0.717) is 6.42 Å². The summed E-state index contributed by atoms with van der Waals surface area (Å²) in [6.07, 6.45) is 20.3. The molecule has 0 saturated carbocycles. The summed E-state index contributed by atoms with van der Waals surface area (Å²) < 4.78 is 26.7. The van der Waals surface area contributed by atoms with Crippen LogP contribution in [0.1, 0.15) is 104 Å². The molecule has 0 fully saturated rings. The molecular weight excluding hydrogens is 385 g/mol. The molecule has 7 heteroatoms. The van der Waals surface area contributed by atoms with E-state index in [2.05, 4.69) is 29.0 Å². The number of allylic oxidation sites excluding steroid dienone is 2. The fourth-order valence-corrected chi connectivity index (χ4v) is 3.07. The number of hydrogen-bond acceptors (Lipinski definition) is 5. The van der Waals surface area contributed by atoms with Crippen LogP contribution in [-0.4, -0.2) is 56.7 Å². The summed E-state index contributed by atoms with van der Waals surface area (Å²) in [6, 6.07) is 0. The number of carbonyl (C=O) groups is 1. The van der Waals surface area contributed by atoms with Gasteiger partial charge in [-0.3, -0.25) is 4.79 Å². The normalized spacial score (nSPS) is 10.9. The average molecular weight is 430 g/mol. The standard InChI is InChI=1S/C20H38O4S.CH5N.Na.H/c1-3-5-6-7-8-9-10-11-12-13-14-15-16-17-18-19-20(21)24-25(22,23)4-2;1-2;;/h11-12H,3-10,13-19H2,1-2H3;2H2,1H3;;/b12-11-;;;. The molecule has 0 aliphatic rings. The molecule has 0 atom stereocenters. The van der Waals surface area contributed by atoms with Gasteiger partial charge in [-0.1, -0.05) is 70.4 Å². The van der Waals surface area contributed by atoms with Crippen LogP contribution in [0.5, 0.6) is 0 Å². The fourth-order valence-electron chi connectivity index (χ4n) is 2.58. The molecule has 0 heterocycles. The Morgan fingerprint density at radius 3 is 1.68 bits per heavy atom. The third-order valence-electron chi connectivity index (χ3n) is 4.22. The third kappa shape index (κ3) is 26.1. The zero-order chi connectivity index (χ0) is 20.8. The van der Waals surface area contributed by atoms with Gasteiger partial charge in [0, 0.05) is 6.42 Å². The molecule has 0 aromatic carbocycles. The van der Waals surface area contributed by atoms with Crippen LogP contribution in [0.15, 0.2) is 12.2 Å². The number of nitrogens with two attached hydrogens (primary N) is 1. The van der Waals surface area contributed by atoms with Crippen molar-refractivity contribution in [2.75, 3.05) is 12.8 Å². The second-order valence-corrected chi connectivity index (χ2v) is 8.50. The van der Waals surface area contributed by atoms with E-state index in [9.17, 15) is 13.2 Å². The maximum atomic E-state index is 11.3. The van der Waals surface area contributed by atoms with Gasteiger partial charge < -0.3 is 9.92 Å².